The second kappa shape index (κ2) is 6.82. The van der Waals surface area contributed by atoms with Crippen LogP contribution in [0.15, 0.2) is 12.1 Å². The van der Waals surface area contributed by atoms with E-state index in [1.54, 1.807) is 30.9 Å². The van der Waals surface area contributed by atoms with E-state index < -0.39 is 11.9 Å². The lowest BCUT2D eigenvalue weighted by Crippen LogP contribution is -2.26. The van der Waals surface area contributed by atoms with Gasteiger partial charge in [0.15, 0.2) is 11.6 Å². The van der Waals surface area contributed by atoms with Gasteiger partial charge in [0.25, 0.3) is 0 Å². The molecule has 1 aromatic heterocycles. The van der Waals surface area contributed by atoms with E-state index in [2.05, 4.69) is 10.2 Å². The fourth-order valence-corrected chi connectivity index (χ4v) is 1.58. The van der Waals surface area contributed by atoms with Crippen molar-refractivity contribution in [3.63, 3.8) is 0 Å². The Balaban J connectivity index is 2.88. The maximum Gasteiger partial charge on any atom is 0.316 e. The summed E-state index contributed by atoms with van der Waals surface area (Å²) in [5.74, 6) is -1.01. The van der Waals surface area contributed by atoms with Gasteiger partial charge < -0.3 is 9.64 Å². The Labute approximate surface area is 112 Å². The fraction of sp³-hybridized carbons (Fsp3) is 0.538. The highest BCUT2D eigenvalue weighted by Gasteiger charge is 2.28. The summed E-state index contributed by atoms with van der Waals surface area (Å²) < 4.78 is 4.88. The van der Waals surface area contributed by atoms with Gasteiger partial charge in [-0.3, -0.25) is 9.59 Å². The normalized spacial score (nSPS) is 11.8. The van der Waals surface area contributed by atoms with Crippen molar-refractivity contribution < 1.29 is 14.3 Å². The average molecular weight is 265 g/mol. The molecule has 0 aliphatic carbocycles. The summed E-state index contributed by atoms with van der Waals surface area (Å²) in [5, 5.41) is 7.79. The van der Waals surface area contributed by atoms with E-state index in [1.165, 1.54) is 0 Å². The lowest BCUT2D eigenvalue weighted by atomic mass is 9.99. The average Bonchev–Trinajstić information content (AvgIpc) is 2.39. The van der Waals surface area contributed by atoms with Crippen molar-refractivity contribution in [2.45, 2.75) is 20.3 Å². The molecule has 0 spiro atoms. The van der Waals surface area contributed by atoms with Gasteiger partial charge in [-0.2, -0.15) is 0 Å². The van der Waals surface area contributed by atoms with Crippen LogP contribution in [-0.2, 0) is 9.53 Å². The zero-order valence-electron chi connectivity index (χ0n) is 11.7. The van der Waals surface area contributed by atoms with Gasteiger partial charge in [-0.05, 0) is 25.5 Å². The van der Waals surface area contributed by atoms with E-state index in [4.69, 9.17) is 4.74 Å². The summed E-state index contributed by atoms with van der Waals surface area (Å²) in [4.78, 5) is 25.6. The molecule has 1 aromatic rings. The molecule has 0 saturated heterocycles. The summed E-state index contributed by atoms with van der Waals surface area (Å²) in [6.45, 7) is 3.73. The monoisotopic (exact) mass is 265 g/mol. The topological polar surface area (TPSA) is 72.4 Å². The molecule has 0 aromatic carbocycles. The van der Waals surface area contributed by atoms with E-state index in [9.17, 15) is 9.59 Å². The van der Waals surface area contributed by atoms with E-state index in [1.807, 2.05) is 14.1 Å². The number of carbonyl (C=O) groups is 2. The Hall–Kier alpha value is -1.98. The van der Waals surface area contributed by atoms with Crippen LogP contribution in [-0.4, -0.2) is 42.7 Å². The summed E-state index contributed by atoms with van der Waals surface area (Å²) >= 11 is 0. The third-order valence-electron chi connectivity index (χ3n) is 2.66. The number of aromatic nitrogens is 2. The van der Waals surface area contributed by atoms with Crippen LogP contribution in [0.5, 0.6) is 0 Å². The van der Waals surface area contributed by atoms with Crippen molar-refractivity contribution in [3.05, 3.63) is 17.8 Å². The van der Waals surface area contributed by atoms with Crippen LogP contribution in [0.3, 0.4) is 0 Å². The number of ether oxygens (including phenoxy) is 1. The Morgan fingerprint density at radius 2 is 1.95 bits per heavy atom. The van der Waals surface area contributed by atoms with Crippen LogP contribution in [0, 0.1) is 5.92 Å². The first kappa shape index (κ1) is 15.1. The Morgan fingerprint density at radius 1 is 1.26 bits per heavy atom. The molecule has 1 atom stereocenters. The highest BCUT2D eigenvalue weighted by atomic mass is 16.5. The molecular weight excluding hydrogens is 246 g/mol. The number of esters is 1. The Bertz CT molecular complexity index is 443. The molecule has 1 rings (SSSR count). The minimum atomic E-state index is -0.806. The Kier molecular flexibility index (Phi) is 5.41. The number of anilines is 1. The van der Waals surface area contributed by atoms with Gasteiger partial charge >= 0.3 is 5.97 Å². The van der Waals surface area contributed by atoms with E-state index in [0.717, 1.165) is 0 Å². The van der Waals surface area contributed by atoms with E-state index in [0.29, 0.717) is 12.2 Å². The maximum atomic E-state index is 12.2. The van der Waals surface area contributed by atoms with Gasteiger partial charge in [0.2, 0.25) is 0 Å². The molecule has 1 unspecified atom stereocenters. The summed E-state index contributed by atoms with van der Waals surface area (Å²) in [6, 6.07) is 3.27. The molecule has 1 heterocycles. The molecule has 0 fully saturated rings. The molecule has 0 aliphatic rings. The quantitative estimate of drug-likeness (QED) is 0.439. The zero-order valence-corrected chi connectivity index (χ0v) is 11.7. The van der Waals surface area contributed by atoms with Crippen LogP contribution in [0.25, 0.3) is 0 Å². The predicted molar refractivity (Wildman–Crippen MR) is 71.1 cm³/mol. The third-order valence-corrected chi connectivity index (χ3v) is 2.66. The number of hydrogen-bond acceptors (Lipinski definition) is 6. The standard InChI is InChI=1S/C13H19N3O3/c1-5-9(13(18)19-6-2)12(17)10-7-8-11(15-14-10)16(3)4/h7-9H,5-6H2,1-4H3. The Morgan fingerprint density at radius 3 is 2.37 bits per heavy atom. The van der Waals surface area contributed by atoms with Crippen molar-refractivity contribution in [3.8, 4) is 0 Å². The number of rotatable bonds is 6. The molecule has 19 heavy (non-hydrogen) atoms. The third kappa shape index (κ3) is 3.74. The molecule has 0 radical (unpaired) electrons. The maximum absolute atomic E-state index is 12.2. The first-order chi connectivity index (χ1) is 9.01. The summed E-state index contributed by atoms with van der Waals surface area (Å²) in [5.41, 5.74) is 0.186. The molecule has 0 amide bonds. The van der Waals surface area contributed by atoms with Crippen LogP contribution in [0.1, 0.15) is 30.8 Å². The number of ketones is 1. The van der Waals surface area contributed by atoms with Crippen molar-refractivity contribution in [2.24, 2.45) is 5.92 Å². The van der Waals surface area contributed by atoms with Crippen LogP contribution < -0.4 is 4.90 Å². The summed E-state index contributed by atoms with van der Waals surface area (Å²) in [6.07, 6.45) is 0.384. The van der Waals surface area contributed by atoms with Crippen LogP contribution in [0.4, 0.5) is 5.82 Å². The molecule has 6 nitrogen and oxygen atoms in total. The van der Waals surface area contributed by atoms with Gasteiger partial charge in [-0.15, -0.1) is 10.2 Å². The molecule has 6 heteroatoms. The van der Waals surface area contributed by atoms with Crippen molar-refractivity contribution >= 4 is 17.6 Å². The number of nitrogens with zero attached hydrogens (tertiary/aromatic N) is 3. The minimum Gasteiger partial charge on any atom is -0.465 e. The predicted octanol–water partition coefficient (Wildman–Crippen LogP) is 1.31. The second-order valence-corrected chi connectivity index (χ2v) is 4.25. The first-order valence-corrected chi connectivity index (χ1v) is 6.23. The molecule has 0 saturated carbocycles. The van der Waals surface area contributed by atoms with Gasteiger partial charge in [-0.1, -0.05) is 6.92 Å². The van der Waals surface area contributed by atoms with Gasteiger partial charge in [0.05, 0.1) is 6.61 Å². The summed E-state index contributed by atoms with van der Waals surface area (Å²) in [7, 11) is 3.66. The molecule has 104 valence electrons. The van der Waals surface area contributed by atoms with E-state index in [-0.39, 0.29) is 18.1 Å². The zero-order chi connectivity index (χ0) is 14.4. The lowest BCUT2D eigenvalue weighted by molar-refractivity contribution is -0.146. The lowest BCUT2D eigenvalue weighted by Gasteiger charge is -2.13. The SMILES string of the molecule is CCOC(=O)C(CC)C(=O)c1ccc(N(C)C)nn1. The smallest absolute Gasteiger partial charge is 0.316 e. The largest absolute Gasteiger partial charge is 0.465 e. The molecular formula is C13H19N3O3. The minimum absolute atomic E-state index is 0.186. The van der Waals surface area contributed by atoms with Gasteiger partial charge in [-0.25, -0.2) is 0 Å². The molecule has 0 bridgehead atoms. The van der Waals surface area contributed by atoms with Crippen LogP contribution >= 0.6 is 0 Å². The highest BCUT2D eigenvalue weighted by molar-refractivity contribution is 6.07. The van der Waals surface area contributed by atoms with Crippen molar-refractivity contribution in [1.29, 1.82) is 0 Å². The van der Waals surface area contributed by atoms with Crippen LogP contribution in [0.2, 0.25) is 0 Å². The second-order valence-electron chi connectivity index (χ2n) is 4.25. The van der Waals surface area contributed by atoms with Gasteiger partial charge in [0, 0.05) is 14.1 Å². The van der Waals surface area contributed by atoms with E-state index >= 15 is 0 Å². The van der Waals surface area contributed by atoms with Crippen molar-refractivity contribution in [1.82, 2.24) is 10.2 Å². The first-order valence-electron chi connectivity index (χ1n) is 6.23. The molecule has 0 N–H and O–H groups in total. The molecule has 0 aliphatic heterocycles. The fourth-order valence-electron chi connectivity index (χ4n) is 1.58. The van der Waals surface area contributed by atoms with Crippen molar-refractivity contribution in [2.75, 3.05) is 25.6 Å². The highest BCUT2D eigenvalue weighted by Crippen LogP contribution is 2.14. The number of hydrogen-bond donors (Lipinski definition) is 0. The number of carbonyl (C=O) groups excluding carboxylic acids is 2. The van der Waals surface area contributed by atoms with Gasteiger partial charge in [0.1, 0.15) is 11.6 Å². The number of Topliss-reactive ketones (excluding diaryl/α,β-unsaturated/α-hetero) is 1.